The molecule has 1 aromatic rings. The van der Waals surface area contributed by atoms with Gasteiger partial charge in [0.05, 0.1) is 12.6 Å². The predicted octanol–water partition coefficient (Wildman–Crippen LogP) is 3.99. The molecule has 2 fully saturated rings. The topological polar surface area (TPSA) is 75.8 Å². The molecule has 0 aromatic carbocycles. The van der Waals surface area contributed by atoms with E-state index in [2.05, 4.69) is 41.1 Å². The number of nitrogens with one attached hydrogen (secondary N) is 1. The summed E-state index contributed by atoms with van der Waals surface area (Å²) in [6, 6.07) is 0. The number of hydrogen-bond donors (Lipinski definition) is 1. The summed E-state index contributed by atoms with van der Waals surface area (Å²) < 4.78 is 11.5. The van der Waals surface area contributed by atoms with Crippen LogP contribution in [0.3, 0.4) is 0 Å². The molecule has 1 aromatic heterocycles. The third-order valence-electron chi connectivity index (χ3n) is 5.71. The van der Waals surface area contributed by atoms with E-state index < -0.39 is 0 Å². The van der Waals surface area contributed by atoms with E-state index in [1.54, 1.807) is 0 Å². The van der Waals surface area contributed by atoms with Gasteiger partial charge in [-0.2, -0.15) is 4.98 Å². The fourth-order valence-corrected chi connectivity index (χ4v) is 3.97. The smallest absolute Gasteiger partial charge is 0.228 e. The molecule has 0 spiro atoms. The highest BCUT2D eigenvalue weighted by Gasteiger charge is 2.24. The molecule has 1 saturated carbocycles. The second-order valence-corrected chi connectivity index (χ2v) is 8.36. The fourth-order valence-electron chi connectivity index (χ4n) is 3.97. The molecule has 0 atom stereocenters. The van der Waals surface area contributed by atoms with Gasteiger partial charge in [0, 0.05) is 38.6 Å². The lowest BCUT2D eigenvalue weighted by Crippen LogP contribution is -2.47. The van der Waals surface area contributed by atoms with Crippen LogP contribution in [0.15, 0.2) is 9.52 Å². The van der Waals surface area contributed by atoms with Gasteiger partial charge in [-0.15, -0.1) is 24.0 Å². The number of likely N-dealkylation sites (tertiary alicyclic amines) is 1. The minimum Gasteiger partial charge on any atom is -0.378 e. The maximum atomic E-state index is 6.20. The molecule has 2 aliphatic rings. The Labute approximate surface area is 192 Å². The number of piperidine rings is 1. The molecule has 8 heteroatoms. The highest BCUT2D eigenvalue weighted by atomic mass is 127. The Morgan fingerprint density at radius 3 is 2.59 bits per heavy atom. The Hall–Kier alpha value is -0.900. The summed E-state index contributed by atoms with van der Waals surface area (Å²) in [5.74, 6) is 3.52. The summed E-state index contributed by atoms with van der Waals surface area (Å²) in [4.78, 5) is 11.6. The van der Waals surface area contributed by atoms with Crippen molar-refractivity contribution in [3.63, 3.8) is 0 Å². The van der Waals surface area contributed by atoms with Gasteiger partial charge in [0.1, 0.15) is 0 Å². The van der Waals surface area contributed by atoms with Crippen molar-refractivity contribution in [2.24, 2.45) is 10.9 Å². The maximum Gasteiger partial charge on any atom is 0.228 e. The van der Waals surface area contributed by atoms with Gasteiger partial charge in [-0.3, -0.25) is 4.99 Å². The number of rotatable bonds is 8. The van der Waals surface area contributed by atoms with Gasteiger partial charge in [-0.1, -0.05) is 31.8 Å². The van der Waals surface area contributed by atoms with Crippen molar-refractivity contribution in [1.82, 2.24) is 20.4 Å². The van der Waals surface area contributed by atoms with Crippen molar-refractivity contribution in [2.75, 3.05) is 32.8 Å². The number of aliphatic imine (C=N–C) groups is 1. The molecule has 0 bridgehead atoms. The fraction of sp³-hybridized carbons (Fsp3) is 0.857. The molecule has 1 N–H and O–H groups in total. The van der Waals surface area contributed by atoms with Gasteiger partial charge in [0.15, 0.2) is 11.8 Å². The first-order valence-corrected chi connectivity index (χ1v) is 11.1. The average Bonchev–Trinajstić information content (AvgIpc) is 3.38. The largest absolute Gasteiger partial charge is 0.378 e. The van der Waals surface area contributed by atoms with Gasteiger partial charge < -0.3 is 19.5 Å². The highest BCUT2D eigenvalue weighted by molar-refractivity contribution is 14.0. The lowest BCUT2D eigenvalue weighted by Gasteiger charge is -2.34. The van der Waals surface area contributed by atoms with Crippen LogP contribution in [0.1, 0.15) is 76.9 Å². The van der Waals surface area contributed by atoms with E-state index in [0.717, 1.165) is 56.8 Å². The number of halogens is 1. The van der Waals surface area contributed by atoms with Crippen molar-refractivity contribution in [2.45, 2.75) is 77.7 Å². The predicted molar refractivity (Wildman–Crippen MR) is 126 cm³/mol. The van der Waals surface area contributed by atoms with E-state index in [1.165, 1.54) is 25.7 Å². The van der Waals surface area contributed by atoms with Crippen molar-refractivity contribution in [1.29, 1.82) is 0 Å². The first-order valence-electron chi connectivity index (χ1n) is 11.1. The van der Waals surface area contributed by atoms with Crippen molar-refractivity contribution < 1.29 is 9.26 Å². The highest BCUT2D eigenvalue weighted by Crippen LogP contribution is 2.26. The number of hydrogen-bond acceptors (Lipinski definition) is 5. The third-order valence-corrected chi connectivity index (χ3v) is 5.71. The van der Waals surface area contributed by atoms with E-state index in [-0.39, 0.29) is 29.9 Å². The molecule has 1 aliphatic carbocycles. The second kappa shape index (κ2) is 12.7. The Morgan fingerprint density at radius 1 is 1.24 bits per heavy atom. The SMILES string of the molecule is CCNC(=NCCc1nc(C(C)C)no1)N1CCC(OCC2CCCC2)CC1.I. The zero-order valence-electron chi connectivity index (χ0n) is 18.2. The summed E-state index contributed by atoms with van der Waals surface area (Å²) in [6.07, 6.45) is 8.73. The Morgan fingerprint density at radius 2 is 1.97 bits per heavy atom. The lowest BCUT2D eigenvalue weighted by atomic mass is 10.1. The van der Waals surface area contributed by atoms with Crippen LogP contribution >= 0.6 is 24.0 Å². The zero-order valence-corrected chi connectivity index (χ0v) is 20.6. The van der Waals surface area contributed by atoms with Crippen LogP contribution in [0.4, 0.5) is 0 Å². The molecule has 2 heterocycles. The third kappa shape index (κ3) is 7.70. The van der Waals surface area contributed by atoms with Gasteiger partial charge in [0.25, 0.3) is 0 Å². The molecule has 29 heavy (non-hydrogen) atoms. The van der Waals surface area contributed by atoms with Crippen LogP contribution in [0.25, 0.3) is 0 Å². The van der Waals surface area contributed by atoms with Gasteiger partial charge >= 0.3 is 0 Å². The van der Waals surface area contributed by atoms with Crippen LogP contribution in [-0.2, 0) is 11.2 Å². The monoisotopic (exact) mass is 519 g/mol. The van der Waals surface area contributed by atoms with Crippen LogP contribution in [0.2, 0.25) is 0 Å². The summed E-state index contributed by atoms with van der Waals surface area (Å²) in [6.45, 7) is 10.7. The maximum absolute atomic E-state index is 6.20. The zero-order chi connectivity index (χ0) is 19.8. The van der Waals surface area contributed by atoms with Crippen LogP contribution in [0, 0.1) is 5.92 Å². The van der Waals surface area contributed by atoms with Crippen LogP contribution < -0.4 is 5.32 Å². The summed E-state index contributed by atoms with van der Waals surface area (Å²) in [5.41, 5.74) is 0. The van der Waals surface area contributed by atoms with Gasteiger partial charge in [0.2, 0.25) is 5.89 Å². The molecule has 166 valence electrons. The molecule has 1 saturated heterocycles. The molecule has 0 unspecified atom stereocenters. The van der Waals surface area contributed by atoms with E-state index in [1.807, 2.05) is 0 Å². The standard InChI is InChI=1S/C21H37N5O2.HI/c1-4-22-21(23-12-9-19-24-20(16(2)3)25-28-19)26-13-10-18(11-14-26)27-15-17-7-5-6-8-17;/h16-18H,4-15H2,1-3H3,(H,22,23);1H. The van der Waals surface area contributed by atoms with Crippen LogP contribution in [-0.4, -0.2) is 59.9 Å². The Bertz CT molecular complexity index is 608. The first kappa shape index (κ1) is 24.4. The van der Waals surface area contributed by atoms with E-state index in [9.17, 15) is 0 Å². The summed E-state index contributed by atoms with van der Waals surface area (Å²) in [7, 11) is 0. The van der Waals surface area contributed by atoms with E-state index in [4.69, 9.17) is 14.3 Å². The number of ether oxygens (including phenoxy) is 1. The summed E-state index contributed by atoms with van der Waals surface area (Å²) >= 11 is 0. The van der Waals surface area contributed by atoms with Crippen molar-refractivity contribution in [3.05, 3.63) is 11.7 Å². The number of nitrogens with zero attached hydrogens (tertiary/aromatic N) is 4. The quantitative estimate of drug-likeness (QED) is 0.318. The van der Waals surface area contributed by atoms with Crippen molar-refractivity contribution >= 4 is 29.9 Å². The molecular weight excluding hydrogens is 481 g/mol. The van der Waals surface area contributed by atoms with Gasteiger partial charge in [-0.25, -0.2) is 0 Å². The molecule has 0 amide bonds. The summed E-state index contributed by atoms with van der Waals surface area (Å²) in [5, 5.41) is 7.44. The minimum absolute atomic E-state index is 0. The van der Waals surface area contributed by atoms with Gasteiger partial charge in [-0.05, 0) is 38.5 Å². The minimum atomic E-state index is 0. The normalized spacial score (nSPS) is 19.0. The first-order chi connectivity index (χ1) is 13.7. The number of guanidine groups is 1. The molecule has 7 nitrogen and oxygen atoms in total. The van der Waals surface area contributed by atoms with Crippen LogP contribution in [0.5, 0.6) is 0 Å². The molecule has 3 rings (SSSR count). The van der Waals surface area contributed by atoms with Crippen molar-refractivity contribution in [3.8, 4) is 0 Å². The molecular formula is C21H38IN5O2. The lowest BCUT2D eigenvalue weighted by molar-refractivity contribution is 0.00102. The van der Waals surface area contributed by atoms with E-state index >= 15 is 0 Å². The Kier molecular flexibility index (Phi) is 10.7. The Balaban J connectivity index is 0.00000300. The number of aromatic nitrogens is 2. The second-order valence-electron chi connectivity index (χ2n) is 8.36. The van der Waals surface area contributed by atoms with E-state index in [0.29, 0.717) is 25.0 Å². The molecule has 1 aliphatic heterocycles. The molecule has 0 radical (unpaired) electrons. The average molecular weight is 519 g/mol.